The highest BCUT2D eigenvalue weighted by Gasteiger charge is 2.23. The second kappa shape index (κ2) is 5.70. The third-order valence-electron chi connectivity index (χ3n) is 2.05. The summed E-state index contributed by atoms with van der Waals surface area (Å²) in [6, 6.07) is 5.05. The molecule has 0 bridgehead atoms. The summed E-state index contributed by atoms with van der Waals surface area (Å²) in [6.07, 6.45) is -1.98. The number of aliphatic hydroxyl groups is 2. The molecular formula is C10H12BrClO3. The summed E-state index contributed by atoms with van der Waals surface area (Å²) in [5.74, 6) is 0.468. The molecule has 0 saturated heterocycles. The molecule has 1 aromatic rings. The van der Waals surface area contributed by atoms with Gasteiger partial charge in [0.05, 0.1) is 18.2 Å². The zero-order chi connectivity index (χ0) is 11.4. The minimum Gasteiger partial charge on any atom is -0.496 e. The van der Waals surface area contributed by atoms with E-state index in [1.165, 1.54) is 7.11 Å². The summed E-state index contributed by atoms with van der Waals surface area (Å²) in [5.41, 5.74) is 0.411. The molecule has 1 aromatic carbocycles. The first kappa shape index (κ1) is 12.8. The Bertz CT molecular complexity index is 332. The highest BCUT2D eigenvalue weighted by atomic mass is 79.9. The van der Waals surface area contributed by atoms with E-state index in [0.717, 1.165) is 0 Å². The fourth-order valence-corrected chi connectivity index (χ4v) is 1.89. The minimum atomic E-state index is -1.06. The Morgan fingerprint density at radius 3 is 2.67 bits per heavy atom. The molecule has 0 aliphatic carbocycles. The minimum absolute atomic E-state index is 0.266. The van der Waals surface area contributed by atoms with Crippen molar-refractivity contribution in [3.63, 3.8) is 0 Å². The SMILES string of the molecule is COc1cccc(Cl)c1C(O)C(O)CBr. The van der Waals surface area contributed by atoms with Crippen LogP contribution >= 0.6 is 27.5 Å². The molecule has 5 heteroatoms. The molecule has 0 spiro atoms. The zero-order valence-corrected chi connectivity index (χ0v) is 10.5. The number of halogens is 2. The van der Waals surface area contributed by atoms with E-state index in [4.69, 9.17) is 16.3 Å². The summed E-state index contributed by atoms with van der Waals surface area (Å²) in [7, 11) is 1.49. The molecular weight excluding hydrogens is 283 g/mol. The number of hydrogen-bond donors (Lipinski definition) is 2. The summed E-state index contributed by atoms with van der Waals surface area (Å²) in [5, 5.41) is 20.0. The third kappa shape index (κ3) is 2.84. The summed E-state index contributed by atoms with van der Waals surface area (Å²) in [4.78, 5) is 0. The Kier molecular flexibility index (Phi) is 4.86. The lowest BCUT2D eigenvalue weighted by Crippen LogP contribution is -2.20. The van der Waals surface area contributed by atoms with E-state index >= 15 is 0 Å². The Morgan fingerprint density at radius 2 is 2.13 bits per heavy atom. The van der Waals surface area contributed by atoms with Gasteiger partial charge in [0.25, 0.3) is 0 Å². The second-order valence-electron chi connectivity index (χ2n) is 3.02. The number of aliphatic hydroxyl groups excluding tert-OH is 2. The molecule has 0 fully saturated rings. The molecule has 0 radical (unpaired) electrons. The van der Waals surface area contributed by atoms with Crippen molar-refractivity contribution in [2.45, 2.75) is 12.2 Å². The number of methoxy groups -OCH3 is 1. The van der Waals surface area contributed by atoms with Crippen molar-refractivity contribution in [1.29, 1.82) is 0 Å². The van der Waals surface area contributed by atoms with E-state index < -0.39 is 12.2 Å². The maximum atomic E-state index is 9.84. The zero-order valence-electron chi connectivity index (χ0n) is 8.15. The molecule has 84 valence electrons. The van der Waals surface area contributed by atoms with Crippen LogP contribution in [0.25, 0.3) is 0 Å². The molecule has 0 heterocycles. The molecule has 0 amide bonds. The molecule has 0 saturated carbocycles. The third-order valence-corrected chi connectivity index (χ3v) is 3.04. The van der Waals surface area contributed by atoms with Gasteiger partial charge in [-0.05, 0) is 12.1 Å². The highest BCUT2D eigenvalue weighted by Crippen LogP contribution is 2.33. The average Bonchev–Trinajstić information content (AvgIpc) is 2.26. The van der Waals surface area contributed by atoms with Crippen molar-refractivity contribution in [1.82, 2.24) is 0 Å². The van der Waals surface area contributed by atoms with Crippen molar-refractivity contribution < 1.29 is 14.9 Å². The summed E-state index contributed by atoms with van der Waals surface area (Å²) in [6.45, 7) is 0. The van der Waals surface area contributed by atoms with Crippen LogP contribution in [0.1, 0.15) is 11.7 Å². The van der Waals surface area contributed by atoms with Gasteiger partial charge in [-0.2, -0.15) is 0 Å². The lowest BCUT2D eigenvalue weighted by Gasteiger charge is -2.19. The quantitative estimate of drug-likeness (QED) is 0.837. The van der Waals surface area contributed by atoms with E-state index in [-0.39, 0.29) is 5.33 Å². The first-order chi connectivity index (χ1) is 7.11. The number of alkyl halides is 1. The van der Waals surface area contributed by atoms with Gasteiger partial charge in [0.1, 0.15) is 11.9 Å². The van der Waals surface area contributed by atoms with Gasteiger partial charge in [-0.15, -0.1) is 0 Å². The van der Waals surface area contributed by atoms with Crippen molar-refractivity contribution in [2.75, 3.05) is 12.4 Å². The number of ether oxygens (including phenoxy) is 1. The topological polar surface area (TPSA) is 49.7 Å². The van der Waals surface area contributed by atoms with Crippen LogP contribution < -0.4 is 4.74 Å². The predicted octanol–water partition coefficient (Wildman–Crippen LogP) is 2.14. The molecule has 0 aliphatic rings. The van der Waals surface area contributed by atoms with Gasteiger partial charge >= 0.3 is 0 Å². The van der Waals surface area contributed by atoms with Gasteiger partial charge in [-0.3, -0.25) is 0 Å². The fraction of sp³-hybridized carbons (Fsp3) is 0.400. The van der Waals surface area contributed by atoms with E-state index in [2.05, 4.69) is 15.9 Å². The number of rotatable bonds is 4. The van der Waals surface area contributed by atoms with Crippen molar-refractivity contribution >= 4 is 27.5 Å². The smallest absolute Gasteiger partial charge is 0.126 e. The van der Waals surface area contributed by atoms with E-state index in [0.29, 0.717) is 16.3 Å². The Labute approximate surface area is 102 Å². The maximum absolute atomic E-state index is 9.84. The van der Waals surface area contributed by atoms with Crippen LogP contribution in [0.15, 0.2) is 18.2 Å². The van der Waals surface area contributed by atoms with Crippen LogP contribution in [0.3, 0.4) is 0 Å². The summed E-state index contributed by atoms with van der Waals surface area (Å²) >= 11 is 9.03. The molecule has 2 atom stereocenters. The van der Waals surface area contributed by atoms with Crippen LogP contribution in [0, 0.1) is 0 Å². The van der Waals surface area contributed by atoms with Crippen molar-refractivity contribution in [3.8, 4) is 5.75 Å². The van der Waals surface area contributed by atoms with Gasteiger partial charge < -0.3 is 14.9 Å². The maximum Gasteiger partial charge on any atom is 0.126 e. The highest BCUT2D eigenvalue weighted by molar-refractivity contribution is 9.09. The van der Waals surface area contributed by atoms with Crippen LogP contribution in [0.4, 0.5) is 0 Å². The van der Waals surface area contributed by atoms with Crippen LogP contribution in [-0.2, 0) is 0 Å². The van der Waals surface area contributed by atoms with Gasteiger partial charge in [-0.25, -0.2) is 0 Å². The lowest BCUT2D eigenvalue weighted by atomic mass is 10.0. The summed E-state index contributed by atoms with van der Waals surface area (Å²) < 4.78 is 5.07. The van der Waals surface area contributed by atoms with Crippen LogP contribution in [-0.4, -0.2) is 28.8 Å². The normalized spacial score (nSPS) is 14.7. The van der Waals surface area contributed by atoms with E-state index in [9.17, 15) is 10.2 Å². The molecule has 0 aromatic heterocycles. The number of hydrogen-bond acceptors (Lipinski definition) is 3. The standard InChI is InChI=1S/C10H12BrClO3/c1-15-8-4-2-3-6(12)9(8)10(14)7(13)5-11/h2-4,7,10,13-14H,5H2,1H3. The van der Waals surface area contributed by atoms with E-state index in [1.54, 1.807) is 18.2 Å². The first-order valence-electron chi connectivity index (χ1n) is 4.36. The monoisotopic (exact) mass is 294 g/mol. The van der Waals surface area contributed by atoms with E-state index in [1.807, 2.05) is 0 Å². The second-order valence-corrected chi connectivity index (χ2v) is 4.08. The van der Waals surface area contributed by atoms with Crippen LogP contribution in [0.5, 0.6) is 5.75 Å². The van der Waals surface area contributed by atoms with Crippen molar-refractivity contribution in [3.05, 3.63) is 28.8 Å². The molecule has 15 heavy (non-hydrogen) atoms. The Morgan fingerprint density at radius 1 is 1.47 bits per heavy atom. The Hall–Kier alpha value is -0.290. The molecule has 2 unspecified atom stereocenters. The van der Waals surface area contributed by atoms with Crippen LogP contribution in [0.2, 0.25) is 5.02 Å². The van der Waals surface area contributed by atoms with Gasteiger partial charge in [0.15, 0.2) is 0 Å². The molecule has 0 aliphatic heterocycles. The fourth-order valence-electron chi connectivity index (χ4n) is 1.26. The number of benzene rings is 1. The average molecular weight is 296 g/mol. The van der Waals surface area contributed by atoms with Gasteiger partial charge in [0, 0.05) is 10.9 Å². The van der Waals surface area contributed by atoms with Gasteiger partial charge in [0.2, 0.25) is 0 Å². The first-order valence-corrected chi connectivity index (χ1v) is 5.86. The Balaban J connectivity index is 3.10. The van der Waals surface area contributed by atoms with Crippen molar-refractivity contribution in [2.24, 2.45) is 0 Å². The molecule has 1 rings (SSSR count). The van der Waals surface area contributed by atoms with Gasteiger partial charge in [-0.1, -0.05) is 33.6 Å². The predicted molar refractivity (Wildman–Crippen MR) is 62.8 cm³/mol. The largest absolute Gasteiger partial charge is 0.496 e. The molecule has 3 nitrogen and oxygen atoms in total. The molecule has 2 N–H and O–H groups in total. The lowest BCUT2D eigenvalue weighted by molar-refractivity contribution is 0.0328.